The van der Waals surface area contributed by atoms with Crippen molar-refractivity contribution in [1.29, 1.82) is 0 Å². The molecule has 0 saturated carbocycles. The molecule has 0 bridgehead atoms. The normalized spacial score (nSPS) is 10.5. The summed E-state index contributed by atoms with van der Waals surface area (Å²) in [5.41, 5.74) is 2.89. The van der Waals surface area contributed by atoms with E-state index in [1.165, 1.54) is 5.56 Å². The first-order valence-corrected chi connectivity index (χ1v) is 7.13. The third-order valence-corrected chi connectivity index (χ3v) is 4.07. The van der Waals surface area contributed by atoms with E-state index in [4.69, 9.17) is 11.6 Å². The van der Waals surface area contributed by atoms with Crippen LogP contribution in [0.3, 0.4) is 0 Å². The molecule has 0 radical (unpaired) electrons. The van der Waals surface area contributed by atoms with E-state index in [0.717, 1.165) is 22.3 Å². The van der Waals surface area contributed by atoms with Gasteiger partial charge in [-0.3, -0.25) is 0 Å². The van der Waals surface area contributed by atoms with Crippen LogP contribution < -0.4 is 4.90 Å². The maximum absolute atomic E-state index is 9.42. The van der Waals surface area contributed by atoms with Gasteiger partial charge < -0.3 is 10.0 Å². The van der Waals surface area contributed by atoms with Gasteiger partial charge >= 0.3 is 0 Å². The molecule has 0 aliphatic heterocycles. The largest absolute Gasteiger partial charge is 0.392 e. The molecular weight excluding hydrogens is 326 g/mol. The third-order valence-electron chi connectivity index (χ3n) is 2.99. The fourth-order valence-electron chi connectivity index (χ4n) is 2.08. The Labute approximate surface area is 126 Å². The van der Waals surface area contributed by atoms with E-state index in [1.54, 1.807) is 0 Å². The van der Waals surface area contributed by atoms with Crippen molar-refractivity contribution in [2.75, 3.05) is 11.9 Å². The average Bonchev–Trinajstić information content (AvgIpc) is 2.40. The smallest absolute Gasteiger partial charge is 0.0702 e. The molecule has 0 amide bonds. The number of nitrogens with zero attached hydrogens (tertiary/aromatic N) is 1. The van der Waals surface area contributed by atoms with Crippen molar-refractivity contribution in [1.82, 2.24) is 0 Å². The molecule has 0 unspecified atom stereocenters. The molecule has 0 atom stereocenters. The van der Waals surface area contributed by atoms with Gasteiger partial charge in [0, 0.05) is 23.6 Å². The van der Waals surface area contributed by atoms with E-state index in [0.29, 0.717) is 5.02 Å². The molecule has 0 aliphatic carbocycles. The molecule has 2 nitrogen and oxygen atoms in total. The lowest BCUT2D eigenvalue weighted by molar-refractivity contribution is 0.282. The van der Waals surface area contributed by atoms with Gasteiger partial charge in [0.1, 0.15) is 0 Å². The number of para-hydroxylation sites is 1. The van der Waals surface area contributed by atoms with Gasteiger partial charge in [-0.05, 0) is 17.7 Å². The Morgan fingerprint density at radius 1 is 1.11 bits per heavy atom. The van der Waals surface area contributed by atoms with Crippen LogP contribution in [0.1, 0.15) is 11.1 Å². The van der Waals surface area contributed by atoms with E-state index in [9.17, 15) is 5.11 Å². The second-order valence-corrected chi connectivity index (χ2v) is 5.61. The Balaban J connectivity index is 2.30. The highest BCUT2D eigenvalue weighted by Crippen LogP contribution is 2.31. The van der Waals surface area contributed by atoms with Crippen LogP contribution in [0.4, 0.5) is 5.69 Å². The Hall–Kier alpha value is -1.03. The number of aliphatic hydroxyl groups excluding tert-OH is 1. The summed E-state index contributed by atoms with van der Waals surface area (Å²) in [6.45, 7) is 0.703. The van der Waals surface area contributed by atoms with E-state index in [1.807, 2.05) is 48.3 Å². The highest BCUT2D eigenvalue weighted by molar-refractivity contribution is 9.10. The van der Waals surface area contributed by atoms with Crippen LogP contribution in [0.2, 0.25) is 5.02 Å². The molecule has 0 saturated heterocycles. The summed E-state index contributed by atoms with van der Waals surface area (Å²) in [4.78, 5) is 2.05. The molecule has 4 heteroatoms. The van der Waals surface area contributed by atoms with Crippen molar-refractivity contribution >= 4 is 33.2 Å². The van der Waals surface area contributed by atoms with Gasteiger partial charge in [0.2, 0.25) is 0 Å². The summed E-state index contributed by atoms with van der Waals surface area (Å²) in [5.74, 6) is 0. The summed E-state index contributed by atoms with van der Waals surface area (Å²) in [6.07, 6.45) is 0. The molecule has 2 aromatic carbocycles. The van der Waals surface area contributed by atoms with Crippen molar-refractivity contribution in [3.63, 3.8) is 0 Å². The fourth-order valence-corrected chi connectivity index (χ4v) is 2.82. The predicted octanol–water partition coefficient (Wildman–Crippen LogP) is 4.23. The van der Waals surface area contributed by atoms with Crippen molar-refractivity contribution in [2.45, 2.75) is 13.2 Å². The average molecular weight is 341 g/mol. The topological polar surface area (TPSA) is 23.5 Å². The minimum atomic E-state index is -0.0177. The Morgan fingerprint density at radius 3 is 2.47 bits per heavy atom. The van der Waals surface area contributed by atoms with Crippen LogP contribution in [0.5, 0.6) is 0 Å². The van der Waals surface area contributed by atoms with Gasteiger partial charge in [0.25, 0.3) is 0 Å². The summed E-state index contributed by atoms with van der Waals surface area (Å²) < 4.78 is 1.07. The number of halogens is 2. The lowest BCUT2D eigenvalue weighted by Gasteiger charge is -2.23. The Morgan fingerprint density at radius 2 is 1.79 bits per heavy atom. The summed E-state index contributed by atoms with van der Waals surface area (Å²) in [7, 11) is 1.97. The number of hydrogen-bond donors (Lipinski definition) is 1. The lowest BCUT2D eigenvalue weighted by atomic mass is 10.1. The third kappa shape index (κ3) is 3.30. The molecule has 0 heterocycles. The molecule has 100 valence electrons. The van der Waals surface area contributed by atoms with Crippen LogP contribution in [-0.2, 0) is 13.2 Å². The Bertz CT molecular complexity index is 574. The second kappa shape index (κ2) is 6.42. The quantitative estimate of drug-likeness (QED) is 0.900. The van der Waals surface area contributed by atoms with Gasteiger partial charge in [0.15, 0.2) is 0 Å². The van der Waals surface area contributed by atoms with E-state index in [2.05, 4.69) is 22.0 Å². The molecule has 0 fully saturated rings. The van der Waals surface area contributed by atoms with Crippen LogP contribution in [0.25, 0.3) is 0 Å². The minimum Gasteiger partial charge on any atom is -0.392 e. The van der Waals surface area contributed by atoms with Gasteiger partial charge in [-0.15, -0.1) is 0 Å². The number of rotatable bonds is 4. The van der Waals surface area contributed by atoms with Gasteiger partial charge in [-0.2, -0.15) is 0 Å². The lowest BCUT2D eigenvalue weighted by Crippen LogP contribution is -2.18. The van der Waals surface area contributed by atoms with Crippen molar-refractivity contribution in [3.05, 3.63) is 63.1 Å². The van der Waals surface area contributed by atoms with E-state index < -0.39 is 0 Å². The number of anilines is 1. The molecule has 0 aromatic heterocycles. The Kier molecular flexibility index (Phi) is 4.86. The number of aliphatic hydroxyl groups is 1. The monoisotopic (exact) mass is 339 g/mol. The number of hydrogen-bond acceptors (Lipinski definition) is 2. The van der Waals surface area contributed by atoms with Gasteiger partial charge in [0.05, 0.1) is 17.3 Å². The summed E-state index contributed by atoms with van der Waals surface area (Å²) >= 11 is 9.79. The zero-order valence-corrected chi connectivity index (χ0v) is 12.9. The molecule has 1 N–H and O–H groups in total. The van der Waals surface area contributed by atoms with Gasteiger partial charge in [-0.25, -0.2) is 0 Å². The molecule has 0 spiro atoms. The zero-order valence-electron chi connectivity index (χ0n) is 10.6. The summed E-state index contributed by atoms with van der Waals surface area (Å²) in [6, 6.07) is 13.7. The molecule has 2 rings (SSSR count). The number of benzene rings is 2. The standard InChI is InChI=1S/C15H15BrClNO/c1-18(9-11-5-2-3-7-13(11)16)15-12(10-19)6-4-8-14(15)17/h2-8,19H,9-10H2,1H3. The zero-order chi connectivity index (χ0) is 13.8. The second-order valence-electron chi connectivity index (χ2n) is 4.35. The summed E-state index contributed by atoms with van der Waals surface area (Å²) in [5, 5.41) is 10.1. The minimum absolute atomic E-state index is 0.0177. The van der Waals surface area contributed by atoms with Crippen LogP contribution in [0, 0.1) is 0 Å². The molecule has 19 heavy (non-hydrogen) atoms. The SMILES string of the molecule is CN(Cc1ccccc1Br)c1c(Cl)cccc1CO. The van der Waals surface area contributed by atoms with E-state index >= 15 is 0 Å². The van der Waals surface area contributed by atoms with Gasteiger partial charge in [-0.1, -0.05) is 57.9 Å². The van der Waals surface area contributed by atoms with E-state index in [-0.39, 0.29) is 6.61 Å². The molecule has 2 aromatic rings. The maximum atomic E-state index is 9.42. The van der Waals surface area contributed by atoms with Crippen LogP contribution >= 0.6 is 27.5 Å². The highest BCUT2D eigenvalue weighted by Gasteiger charge is 2.12. The molecular formula is C15H15BrClNO. The first kappa shape index (κ1) is 14.4. The van der Waals surface area contributed by atoms with Crippen LogP contribution in [0.15, 0.2) is 46.9 Å². The highest BCUT2D eigenvalue weighted by atomic mass is 79.9. The first-order valence-electron chi connectivity index (χ1n) is 5.96. The predicted molar refractivity (Wildman–Crippen MR) is 83.6 cm³/mol. The van der Waals surface area contributed by atoms with Crippen LogP contribution in [-0.4, -0.2) is 12.2 Å². The fraction of sp³-hybridized carbons (Fsp3) is 0.200. The van der Waals surface area contributed by atoms with Crippen molar-refractivity contribution < 1.29 is 5.11 Å². The maximum Gasteiger partial charge on any atom is 0.0702 e. The van der Waals surface area contributed by atoms with Crippen molar-refractivity contribution in [2.24, 2.45) is 0 Å². The molecule has 0 aliphatic rings. The van der Waals surface area contributed by atoms with Crippen molar-refractivity contribution in [3.8, 4) is 0 Å². The first-order chi connectivity index (χ1) is 9.13.